The summed E-state index contributed by atoms with van der Waals surface area (Å²) in [5.41, 5.74) is 8.43. The number of nitrogens with zero attached hydrogens (tertiary/aromatic N) is 2. The number of rotatable bonds is 8. The first-order valence-electron chi connectivity index (χ1n) is 23.1. The average Bonchev–Trinajstić information content (AvgIpc) is 3.88. The van der Waals surface area contributed by atoms with Gasteiger partial charge in [-0.15, -0.1) is 0 Å². The van der Waals surface area contributed by atoms with Crippen LogP contribution < -0.4 is 5.32 Å². The molecular weight excluding hydrogens is 803 g/mol. The first kappa shape index (κ1) is 41.8. The molecule has 1 unspecified atom stereocenters. The van der Waals surface area contributed by atoms with Gasteiger partial charge in [0.25, 0.3) is 6.43 Å². The van der Waals surface area contributed by atoms with Gasteiger partial charge in [-0.05, 0) is 141 Å². The molecule has 2 N–H and O–H groups in total. The number of likely N-dealkylation sites (tertiary alicyclic amines) is 1. The average molecular weight is 859 g/mol. The smallest absolute Gasteiger partial charge is 0.251 e. The Kier molecular flexibility index (Phi) is 11.1. The number of benzene rings is 2. The Morgan fingerprint density at radius 2 is 1.57 bits per heavy atom. The number of allylic oxidation sites excluding steroid dienone is 5. The Hall–Kier alpha value is -5.23. The van der Waals surface area contributed by atoms with Crippen molar-refractivity contribution in [3.05, 3.63) is 105 Å². The van der Waals surface area contributed by atoms with E-state index < -0.39 is 24.2 Å². The lowest BCUT2D eigenvalue weighted by Gasteiger charge is -2.41. The maximum Gasteiger partial charge on any atom is 0.251 e. The van der Waals surface area contributed by atoms with Crippen LogP contribution in [0.25, 0.3) is 10.9 Å². The van der Waals surface area contributed by atoms with Crippen LogP contribution in [0.15, 0.2) is 71.5 Å². The van der Waals surface area contributed by atoms with Crippen LogP contribution in [0.3, 0.4) is 0 Å². The molecule has 2 saturated heterocycles. The van der Waals surface area contributed by atoms with E-state index in [1.165, 1.54) is 11.1 Å². The van der Waals surface area contributed by atoms with Gasteiger partial charge < -0.3 is 14.6 Å². The van der Waals surface area contributed by atoms with Gasteiger partial charge in [-0.25, -0.2) is 8.78 Å². The molecule has 63 heavy (non-hydrogen) atoms. The minimum atomic E-state index is -2.46. The quantitative estimate of drug-likeness (QED) is 0.174. The fourth-order valence-electron chi connectivity index (χ4n) is 12.5. The number of nitrogens with one attached hydrogen (secondary N) is 2. The van der Waals surface area contributed by atoms with Gasteiger partial charge in [-0.3, -0.25) is 34.2 Å². The van der Waals surface area contributed by atoms with Gasteiger partial charge in [0.15, 0.2) is 11.6 Å². The van der Waals surface area contributed by atoms with Crippen molar-refractivity contribution in [1.82, 2.24) is 20.1 Å². The molecule has 12 heteroatoms. The van der Waals surface area contributed by atoms with Gasteiger partial charge in [0.1, 0.15) is 0 Å². The van der Waals surface area contributed by atoms with Crippen LogP contribution in [0.5, 0.6) is 0 Å². The Morgan fingerprint density at radius 3 is 2.24 bits per heavy atom. The summed E-state index contributed by atoms with van der Waals surface area (Å²) >= 11 is 0. The number of para-hydroxylation sites is 1. The van der Waals surface area contributed by atoms with Crippen molar-refractivity contribution in [3.63, 3.8) is 0 Å². The molecule has 3 aromatic rings. The highest BCUT2D eigenvalue weighted by molar-refractivity contribution is 6.28. The second-order valence-corrected chi connectivity index (χ2v) is 19.3. The van der Waals surface area contributed by atoms with E-state index in [0.717, 1.165) is 104 Å². The van der Waals surface area contributed by atoms with E-state index in [1.54, 1.807) is 7.11 Å². The number of carbonyl (C=O) groups excluding carboxylic acids is 5. The molecule has 0 bridgehead atoms. The molecule has 0 radical (unpaired) electrons. The molecule has 3 amide bonds. The lowest BCUT2D eigenvalue weighted by molar-refractivity contribution is -0.139. The molecule has 10 nitrogen and oxygen atoms in total. The SMILES string of the molecule is COC1=CC(C2CCC(C(=O)N3CCC(C4Cc5cc6c(cc5C4)C(=O)C(C4CCC(=O)NC4=O)C6=O)CC3)CC2)=CC=C([C@@H]2c3[nH]c4ccccc4c3C[C@@H](C)N2CC(F)F)C1. The normalized spacial score (nSPS) is 27.5. The number of aromatic amines is 1. The Bertz CT molecular complexity index is 2440. The van der Waals surface area contributed by atoms with Gasteiger partial charge >= 0.3 is 0 Å². The monoisotopic (exact) mass is 858 g/mol. The number of hydrogen-bond donors (Lipinski definition) is 2. The van der Waals surface area contributed by atoms with Crippen molar-refractivity contribution in [1.29, 1.82) is 0 Å². The van der Waals surface area contributed by atoms with Crippen molar-refractivity contribution >= 4 is 40.2 Å². The fourth-order valence-corrected chi connectivity index (χ4v) is 12.5. The zero-order valence-electron chi connectivity index (χ0n) is 36.1. The van der Waals surface area contributed by atoms with Crippen molar-refractivity contribution in [3.8, 4) is 0 Å². The Labute approximate surface area is 366 Å². The Morgan fingerprint density at radius 1 is 0.873 bits per heavy atom. The zero-order chi connectivity index (χ0) is 43.7. The van der Waals surface area contributed by atoms with Gasteiger partial charge in [0, 0.05) is 65.6 Å². The number of methoxy groups -OCH3 is 1. The number of imide groups is 1. The van der Waals surface area contributed by atoms with Gasteiger partial charge in [-0.1, -0.05) is 30.4 Å². The Balaban J connectivity index is 0.761. The molecule has 1 aromatic heterocycles. The van der Waals surface area contributed by atoms with Gasteiger partial charge in [0.05, 0.1) is 37.3 Å². The third-order valence-electron chi connectivity index (χ3n) is 15.8. The topological polar surface area (TPSA) is 129 Å². The molecule has 0 spiro atoms. The van der Waals surface area contributed by atoms with Crippen LogP contribution in [0.1, 0.15) is 114 Å². The maximum absolute atomic E-state index is 14.1. The van der Waals surface area contributed by atoms with Crippen LogP contribution in [-0.4, -0.2) is 83.3 Å². The van der Waals surface area contributed by atoms with Crippen LogP contribution in [0.2, 0.25) is 0 Å². The molecule has 3 fully saturated rings. The molecule has 3 aliphatic heterocycles. The van der Waals surface area contributed by atoms with E-state index >= 15 is 0 Å². The molecule has 3 atom stereocenters. The van der Waals surface area contributed by atoms with Crippen LogP contribution in [0.4, 0.5) is 8.78 Å². The maximum atomic E-state index is 14.1. The third-order valence-corrected chi connectivity index (χ3v) is 15.8. The minimum absolute atomic E-state index is 0.00888. The summed E-state index contributed by atoms with van der Waals surface area (Å²) in [7, 11) is 1.68. The second-order valence-electron chi connectivity index (χ2n) is 19.3. The van der Waals surface area contributed by atoms with Crippen LogP contribution >= 0.6 is 0 Å². The highest BCUT2D eigenvalue weighted by atomic mass is 19.3. The van der Waals surface area contributed by atoms with Gasteiger partial charge in [0.2, 0.25) is 17.7 Å². The third kappa shape index (κ3) is 7.59. The number of aromatic nitrogens is 1. The molecule has 4 aliphatic carbocycles. The van der Waals surface area contributed by atoms with Crippen molar-refractivity contribution < 1.29 is 37.5 Å². The number of ketones is 2. The lowest BCUT2D eigenvalue weighted by Crippen LogP contribution is -2.46. The number of hydrogen-bond acceptors (Lipinski definition) is 7. The number of H-pyrrole nitrogens is 1. The highest BCUT2D eigenvalue weighted by Crippen LogP contribution is 2.46. The molecule has 10 rings (SSSR count). The van der Waals surface area contributed by atoms with Crippen molar-refractivity contribution in [2.75, 3.05) is 26.7 Å². The zero-order valence-corrected chi connectivity index (χ0v) is 36.1. The minimum Gasteiger partial charge on any atom is -0.501 e. The van der Waals surface area contributed by atoms with E-state index in [9.17, 15) is 32.8 Å². The number of piperidine rings is 2. The molecule has 7 aliphatic rings. The number of amides is 3. The number of halogens is 2. The molecule has 1 saturated carbocycles. The molecular formula is C51H56F2N4O6. The summed E-state index contributed by atoms with van der Waals surface area (Å²) in [6.45, 7) is 3.20. The second kappa shape index (κ2) is 16.7. The van der Waals surface area contributed by atoms with E-state index in [-0.39, 0.29) is 66.7 Å². The molecule has 4 heterocycles. The predicted octanol–water partition coefficient (Wildman–Crippen LogP) is 8.02. The van der Waals surface area contributed by atoms with Gasteiger partial charge in [-0.2, -0.15) is 0 Å². The van der Waals surface area contributed by atoms with E-state index in [2.05, 4.69) is 45.6 Å². The summed E-state index contributed by atoms with van der Waals surface area (Å²) in [5, 5.41) is 3.45. The molecule has 330 valence electrons. The predicted molar refractivity (Wildman–Crippen MR) is 233 cm³/mol. The largest absolute Gasteiger partial charge is 0.501 e. The number of alkyl halides is 2. The van der Waals surface area contributed by atoms with E-state index in [1.807, 2.05) is 36.1 Å². The summed E-state index contributed by atoms with van der Waals surface area (Å²) in [6.07, 6.45) is 12.5. The summed E-state index contributed by atoms with van der Waals surface area (Å²) in [6, 6.07) is 11.6. The number of carbonyl (C=O) groups is 5. The fraction of sp³-hybridized carbons (Fsp3) is 0.510. The lowest BCUT2D eigenvalue weighted by atomic mass is 9.77. The summed E-state index contributed by atoms with van der Waals surface area (Å²) < 4.78 is 34.2. The van der Waals surface area contributed by atoms with Crippen molar-refractivity contribution in [2.24, 2.45) is 35.5 Å². The van der Waals surface area contributed by atoms with E-state index in [0.29, 0.717) is 35.8 Å². The first-order chi connectivity index (χ1) is 30.4. The van der Waals surface area contributed by atoms with Crippen LogP contribution in [0, 0.1) is 35.5 Å². The number of Topliss-reactive ketones (excluding diaryl/α,β-unsaturated/α-hetero) is 2. The van der Waals surface area contributed by atoms with Crippen LogP contribution in [-0.2, 0) is 38.4 Å². The summed E-state index contributed by atoms with van der Waals surface area (Å²) in [5.74, 6) is -1.21. The standard InChI is InChI=1S/C51H56F2N4O6/c1-27-19-39-37-5-3-4-6-42(37)54-46(39)47(57(27)26-43(52)53)32-12-11-31(22-36(23-32)63-2)28-7-9-30(10-8-28)51(62)56-17-15-29(16-18-56)33-20-34-24-40-41(25-35(34)21-33)49(60)45(48(40)59)38-13-14-44(58)55-50(38)61/h3-6,11-12,22,24-25,27-30,33,38,43,45,47,54H,7-10,13-21,23,26H2,1-2H3,(H,55,58,61)/t27-,28?,30?,33?,38?,45?,47-/m1/s1. The number of ether oxygens (including phenoxy) is 1. The number of fused-ring (bicyclic) bond motifs is 5. The van der Waals surface area contributed by atoms with Crippen molar-refractivity contribution in [2.45, 2.75) is 102 Å². The highest BCUT2D eigenvalue weighted by Gasteiger charge is 2.49. The molecule has 2 aromatic carbocycles. The summed E-state index contributed by atoms with van der Waals surface area (Å²) in [4.78, 5) is 72.9. The first-order valence-corrected chi connectivity index (χ1v) is 23.1. The van der Waals surface area contributed by atoms with E-state index in [4.69, 9.17) is 4.74 Å².